The summed E-state index contributed by atoms with van der Waals surface area (Å²) in [5.41, 5.74) is 3.32. The number of hydrogen-bond acceptors (Lipinski definition) is 5. The fourth-order valence-electron chi connectivity index (χ4n) is 3.18. The summed E-state index contributed by atoms with van der Waals surface area (Å²) < 4.78 is 5.61. The number of para-hydroxylation sites is 1. The SMILES string of the molecule is O=C1NN(c2ccccc2)C(=O)/C1=C\c1cc(Cl)c(OCc2ccc(Cl)cc2)c([N+](=O)[O-])c1. The second-order valence-electron chi connectivity index (χ2n) is 7.00. The van der Waals surface area contributed by atoms with Crippen LogP contribution < -0.4 is 15.2 Å². The van der Waals surface area contributed by atoms with Gasteiger partial charge in [0.25, 0.3) is 11.8 Å². The molecule has 1 saturated heterocycles. The molecule has 0 aromatic heterocycles. The van der Waals surface area contributed by atoms with Crippen molar-refractivity contribution in [1.29, 1.82) is 0 Å². The molecule has 1 fully saturated rings. The van der Waals surface area contributed by atoms with Gasteiger partial charge in [-0.25, -0.2) is 5.01 Å². The molecule has 1 aliphatic rings. The van der Waals surface area contributed by atoms with Gasteiger partial charge in [-0.15, -0.1) is 0 Å². The van der Waals surface area contributed by atoms with Gasteiger partial charge in [-0.3, -0.25) is 25.1 Å². The van der Waals surface area contributed by atoms with E-state index in [2.05, 4.69) is 5.43 Å². The van der Waals surface area contributed by atoms with E-state index in [9.17, 15) is 19.7 Å². The van der Waals surface area contributed by atoms with Crippen molar-refractivity contribution in [1.82, 2.24) is 5.43 Å². The van der Waals surface area contributed by atoms with Gasteiger partial charge in [0.15, 0.2) is 0 Å². The lowest BCUT2D eigenvalue weighted by Crippen LogP contribution is -2.35. The van der Waals surface area contributed by atoms with Crippen LogP contribution in [0.15, 0.2) is 72.3 Å². The minimum Gasteiger partial charge on any atom is -0.481 e. The van der Waals surface area contributed by atoms with Gasteiger partial charge in [0.1, 0.15) is 12.2 Å². The van der Waals surface area contributed by atoms with Crippen LogP contribution in [0, 0.1) is 10.1 Å². The Balaban J connectivity index is 1.63. The first-order valence-corrected chi connectivity index (χ1v) is 10.4. The minimum absolute atomic E-state index is 0.0317. The monoisotopic (exact) mass is 483 g/mol. The smallest absolute Gasteiger partial charge is 0.313 e. The van der Waals surface area contributed by atoms with Gasteiger partial charge >= 0.3 is 5.69 Å². The first-order valence-electron chi connectivity index (χ1n) is 9.61. The summed E-state index contributed by atoms with van der Waals surface area (Å²) in [7, 11) is 0. The van der Waals surface area contributed by atoms with E-state index in [1.807, 2.05) is 0 Å². The number of hydrogen-bond donors (Lipinski definition) is 1. The number of ether oxygens (including phenoxy) is 1. The number of nitro groups is 1. The average molecular weight is 484 g/mol. The molecule has 10 heteroatoms. The average Bonchev–Trinajstić information content (AvgIpc) is 3.08. The van der Waals surface area contributed by atoms with E-state index >= 15 is 0 Å². The van der Waals surface area contributed by atoms with Crippen LogP contribution in [0.5, 0.6) is 5.75 Å². The summed E-state index contributed by atoms with van der Waals surface area (Å²) in [5.74, 6) is -1.34. The molecule has 33 heavy (non-hydrogen) atoms. The Morgan fingerprint density at radius 2 is 1.73 bits per heavy atom. The first-order chi connectivity index (χ1) is 15.8. The molecule has 3 aromatic carbocycles. The number of nitro benzene ring substituents is 1. The Bertz CT molecular complexity index is 1280. The fraction of sp³-hybridized carbons (Fsp3) is 0.0435. The Morgan fingerprint density at radius 3 is 2.39 bits per heavy atom. The highest BCUT2D eigenvalue weighted by molar-refractivity contribution is 6.33. The zero-order chi connectivity index (χ0) is 23.5. The maximum atomic E-state index is 12.7. The van der Waals surface area contributed by atoms with Crippen molar-refractivity contribution in [2.75, 3.05) is 5.01 Å². The normalized spacial score (nSPS) is 14.5. The van der Waals surface area contributed by atoms with E-state index in [-0.39, 0.29) is 28.5 Å². The number of carbonyl (C=O) groups is 2. The first kappa shape index (κ1) is 22.3. The number of nitrogens with one attached hydrogen (secondary N) is 1. The number of anilines is 1. The van der Waals surface area contributed by atoms with Crippen molar-refractivity contribution in [2.24, 2.45) is 0 Å². The molecular weight excluding hydrogens is 469 g/mol. The van der Waals surface area contributed by atoms with Crippen LogP contribution in [-0.4, -0.2) is 16.7 Å². The Labute approximate surface area is 198 Å². The standard InChI is InChI=1S/C23H15Cl2N3O5/c24-16-8-6-14(7-9-16)13-33-21-19(25)11-15(12-20(21)28(31)32)10-18-22(29)26-27(23(18)30)17-4-2-1-3-5-17/h1-12H,13H2,(H,26,29)/b18-10-. The predicted octanol–water partition coefficient (Wildman–Crippen LogP) is 4.94. The van der Waals surface area contributed by atoms with Crippen molar-refractivity contribution in [3.63, 3.8) is 0 Å². The van der Waals surface area contributed by atoms with E-state index < -0.39 is 22.4 Å². The quantitative estimate of drug-likeness (QED) is 0.231. The third-order valence-electron chi connectivity index (χ3n) is 4.76. The fourth-order valence-corrected chi connectivity index (χ4v) is 3.58. The van der Waals surface area contributed by atoms with Crippen molar-refractivity contribution in [3.05, 3.63) is 104 Å². The molecule has 2 amide bonds. The summed E-state index contributed by atoms with van der Waals surface area (Å²) in [4.78, 5) is 36.2. The largest absolute Gasteiger partial charge is 0.481 e. The molecule has 4 rings (SSSR count). The van der Waals surface area contributed by atoms with E-state index in [1.54, 1.807) is 54.6 Å². The Hall–Kier alpha value is -3.88. The molecule has 0 radical (unpaired) electrons. The lowest BCUT2D eigenvalue weighted by atomic mass is 10.1. The highest BCUT2D eigenvalue weighted by Crippen LogP contribution is 2.37. The van der Waals surface area contributed by atoms with Gasteiger partial charge in [-0.1, -0.05) is 53.5 Å². The second-order valence-corrected chi connectivity index (χ2v) is 7.84. The number of carbonyl (C=O) groups excluding carboxylic acids is 2. The molecular formula is C23H15Cl2N3O5. The summed E-state index contributed by atoms with van der Waals surface area (Å²) >= 11 is 12.1. The summed E-state index contributed by atoms with van der Waals surface area (Å²) in [5, 5.41) is 13.3. The third kappa shape index (κ3) is 4.82. The Morgan fingerprint density at radius 1 is 1.03 bits per heavy atom. The number of amides is 2. The van der Waals surface area contributed by atoms with Crippen LogP contribution in [0.4, 0.5) is 11.4 Å². The van der Waals surface area contributed by atoms with Crippen molar-refractivity contribution in [2.45, 2.75) is 6.61 Å². The van der Waals surface area contributed by atoms with Gasteiger partial charge in [0, 0.05) is 11.1 Å². The van der Waals surface area contributed by atoms with Gasteiger partial charge in [-0.2, -0.15) is 0 Å². The zero-order valence-corrected chi connectivity index (χ0v) is 18.3. The summed E-state index contributed by atoms with van der Waals surface area (Å²) in [6.45, 7) is 0.0328. The maximum absolute atomic E-state index is 12.7. The van der Waals surface area contributed by atoms with E-state index in [0.717, 1.165) is 10.6 Å². The number of halogens is 2. The predicted molar refractivity (Wildman–Crippen MR) is 124 cm³/mol. The maximum Gasteiger partial charge on any atom is 0.313 e. The Kier molecular flexibility index (Phi) is 6.30. The molecule has 0 atom stereocenters. The van der Waals surface area contributed by atoms with E-state index in [1.165, 1.54) is 18.2 Å². The molecule has 0 spiro atoms. The highest BCUT2D eigenvalue weighted by Gasteiger charge is 2.34. The molecule has 1 N–H and O–H groups in total. The van der Waals surface area contributed by atoms with Crippen molar-refractivity contribution >= 4 is 52.5 Å². The summed E-state index contributed by atoms with van der Waals surface area (Å²) in [6.07, 6.45) is 1.25. The molecule has 166 valence electrons. The number of nitrogens with zero attached hydrogens (tertiary/aromatic N) is 2. The van der Waals surface area contributed by atoms with E-state index in [4.69, 9.17) is 27.9 Å². The number of benzene rings is 3. The number of hydrazine groups is 1. The van der Waals surface area contributed by atoms with E-state index in [0.29, 0.717) is 10.7 Å². The molecule has 3 aromatic rings. The van der Waals surface area contributed by atoms with Crippen LogP contribution in [-0.2, 0) is 16.2 Å². The van der Waals surface area contributed by atoms with Crippen molar-refractivity contribution in [3.8, 4) is 5.75 Å². The van der Waals surface area contributed by atoms with Crippen LogP contribution in [0.3, 0.4) is 0 Å². The molecule has 0 aliphatic carbocycles. The van der Waals surface area contributed by atoms with Gasteiger partial charge < -0.3 is 4.74 Å². The van der Waals surface area contributed by atoms with Gasteiger partial charge in [0.2, 0.25) is 5.75 Å². The van der Waals surface area contributed by atoms with Crippen LogP contribution in [0.25, 0.3) is 6.08 Å². The molecule has 0 bridgehead atoms. The zero-order valence-electron chi connectivity index (χ0n) is 16.8. The minimum atomic E-state index is -0.641. The number of rotatable bonds is 6. The van der Waals surface area contributed by atoms with Crippen LogP contribution >= 0.6 is 23.2 Å². The topological polar surface area (TPSA) is 102 Å². The molecule has 0 unspecified atom stereocenters. The second kappa shape index (κ2) is 9.32. The molecule has 8 nitrogen and oxygen atoms in total. The van der Waals surface area contributed by atoms with Crippen LogP contribution in [0.2, 0.25) is 10.0 Å². The van der Waals surface area contributed by atoms with Crippen LogP contribution in [0.1, 0.15) is 11.1 Å². The van der Waals surface area contributed by atoms with Crippen molar-refractivity contribution < 1.29 is 19.2 Å². The molecule has 1 heterocycles. The van der Waals surface area contributed by atoms with Gasteiger partial charge in [-0.05, 0) is 47.5 Å². The molecule has 1 aliphatic heterocycles. The third-order valence-corrected chi connectivity index (χ3v) is 5.29. The lowest BCUT2D eigenvalue weighted by molar-refractivity contribution is -0.385. The lowest BCUT2D eigenvalue weighted by Gasteiger charge is -2.13. The van der Waals surface area contributed by atoms with Gasteiger partial charge in [0.05, 0.1) is 15.6 Å². The highest BCUT2D eigenvalue weighted by atomic mass is 35.5. The summed E-state index contributed by atoms with van der Waals surface area (Å²) in [6, 6.07) is 17.9. The molecule has 0 saturated carbocycles.